The molecule has 0 amide bonds. The van der Waals surface area contributed by atoms with E-state index in [0.717, 1.165) is 6.92 Å². The molecular weight excluding hydrogens is 752 g/mol. The van der Waals surface area contributed by atoms with Gasteiger partial charge in [0.05, 0.1) is 29.2 Å². The van der Waals surface area contributed by atoms with Crippen LogP contribution < -0.4 is 15.1 Å². The molecule has 1 aromatic heterocycles. The fourth-order valence-corrected chi connectivity index (χ4v) is 6.60. The summed E-state index contributed by atoms with van der Waals surface area (Å²) >= 11 is 0. The van der Waals surface area contributed by atoms with E-state index in [1.54, 1.807) is 79.7 Å². The van der Waals surface area contributed by atoms with Crippen molar-refractivity contribution in [3.05, 3.63) is 148 Å². The number of fused-ring (bicyclic) bond motifs is 2. The van der Waals surface area contributed by atoms with Crippen LogP contribution in [0, 0.1) is 6.92 Å². The number of phenols is 1. The summed E-state index contributed by atoms with van der Waals surface area (Å²) < 4.78 is 47.3. The Hall–Kier alpha value is -7.19. The highest BCUT2D eigenvalue weighted by molar-refractivity contribution is 6.07. The Morgan fingerprint density at radius 2 is 1.19 bits per heavy atom. The molecule has 0 bridgehead atoms. The topological polar surface area (TPSA) is 183 Å². The van der Waals surface area contributed by atoms with Crippen molar-refractivity contribution in [3.63, 3.8) is 0 Å². The zero-order valence-corrected chi connectivity index (χ0v) is 31.3. The van der Waals surface area contributed by atoms with Crippen LogP contribution >= 0.6 is 0 Å². The number of hydrogen-bond donors (Lipinski definition) is 1. The van der Waals surface area contributed by atoms with Gasteiger partial charge in [-0.1, -0.05) is 54.6 Å². The highest BCUT2D eigenvalue weighted by Gasteiger charge is 2.54. The van der Waals surface area contributed by atoms with Crippen molar-refractivity contribution < 1.29 is 61.9 Å². The zero-order valence-electron chi connectivity index (χ0n) is 31.3. The molecule has 1 N–H and O–H groups in total. The normalized spacial score (nSPS) is 18.8. The zero-order chi connectivity index (χ0) is 40.9. The second-order valence-electron chi connectivity index (χ2n) is 13.2. The van der Waals surface area contributed by atoms with Gasteiger partial charge in [-0.3, -0.25) is 4.79 Å². The minimum atomic E-state index is -1.74. The van der Waals surface area contributed by atoms with Crippen molar-refractivity contribution in [2.75, 3.05) is 13.7 Å². The first-order valence-corrected chi connectivity index (χ1v) is 18.0. The van der Waals surface area contributed by atoms with E-state index in [2.05, 4.69) is 0 Å². The lowest BCUT2D eigenvalue weighted by Crippen LogP contribution is -2.63. The van der Waals surface area contributed by atoms with E-state index in [0.29, 0.717) is 16.5 Å². The van der Waals surface area contributed by atoms with E-state index in [1.807, 2.05) is 0 Å². The van der Waals surface area contributed by atoms with E-state index in [9.17, 15) is 29.1 Å². The predicted molar refractivity (Wildman–Crippen MR) is 206 cm³/mol. The first-order valence-electron chi connectivity index (χ1n) is 18.0. The summed E-state index contributed by atoms with van der Waals surface area (Å²) in [4.78, 5) is 66.7. The number of carbonyl (C=O) groups is 4. The highest BCUT2D eigenvalue weighted by Crippen LogP contribution is 2.43. The van der Waals surface area contributed by atoms with Crippen LogP contribution in [0.2, 0.25) is 0 Å². The monoisotopic (exact) mass is 788 g/mol. The maximum atomic E-state index is 13.9. The van der Waals surface area contributed by atoms with Gasteiger partial charge >= 0.3 is 29.5 Å². The molecule has 2 heterocycles. The molecule has 14 heteroatoms. The first kappa shape index (κ1) is 39.1. The molecule has 0 aliphatic carbocycles. The van der Waals surface area contributed by atoms with Gasteiger partial charge in [0.25, 0.3) is 0 Å². The molecule has 6 aromatic rings. The molecule has 0 unspecified atom stereocenters. The number of aromatic hydroxyl groups is 1. The molecule has 7 rings (SSSR count). The summed E-state index contributed by atoms with van der Waals surface area (Å²) in [6.07, 6.45) is -8.15. The van der Waals surface area contributed by atoms with E-state index in [1.165, 1.54) is 49.6 Å². The molecule has 1 fully saturated rings. The van der Waals surface area contributed by atoms with Gasteiger partial charge in [0.1, 0.15) is 41.1 Å². The Bertz CT molecular complexity index is 2540. The highest BCUT2D eigenvalue weighted by atomic mass is 16.7. The second-order valence-corrected chi connectivity index (χ2v) is 13.2. The van der Waals surface area contributed by atoms with E-state index in [-0.39, 0.29) is 39.0 Å². The van der Waals surface area contributed by atoms with E-state index >= 15 is 0 Å². The maximum absolute atomic E-state index is 13.9. The lowest BCUT2D eigenvalue weighted by atomic mass is 9.97. The van der Waals surface area contributed by atoms with Crippen molar-refractivity contribution in [1.82, 2.24) is 0 Å². The summed E-state index contributed by atoms with van der Waals surface area (Å²) in [5.41, 5.74) is -0.471. The van der Waals surface area contributed by atoms with Gasteiger partial charge in [-0.2, -0.15) is 0 Å². The number of carbonyl (C=O) groups excluding carboxylic acids is 4. The van der Waals surface area contributed by atoms with Crippen LogP contribution in [0.25, 0.3) is 21.5 Å². The number of rotatable bonds is 11. The number of aryl methyl sites for hydroxylation is 1. The van der Waals surface area contributed by atoms with Crippen LogP contribution in [0.15, 0.2) is 124 Å². The summed E-state index contributed by atoms with van der Waals surface area (Å²) in [5, 5.41) is 12.3. The van der Waals surface area contributed by atoms with Gasteiger partial charge in [-0.25, -0.2) is 19.2 Å². The minimum Gasteiger partial charge on any atom is -0.506 e. The average molecular weight is 789 g/mol. The van der Waals surface area contributed by atoms with Crippen LogP contribution in [0.5, 0.6) is 17.2 Å². The first-order chi connectivity index (χ1) is 28.0. The number of phenolic OH excluding ortho intramolecular Hbond substituents is 1. The maximum Gasteiger partial charge on any atom is 0.347 e. The van der Waals surface area contributed by atoms with Crippen LogP contribution in [0.3, 0.4) is 0 Å². The fourth-order valence-electron chi connectivity index (χ4n) is 6.60. The van der Waals surface area contributed by atoms with Crippen molar-refractivity contribution in [2.45, 2.75) is 44.6 Å². The van der Waals surface area contributed by atoms with Crippen molar-refractivity contribution in [1.29, 1.82) is 0 Å². The molecule has 5 atom stereocenters. The third-order valence-electron chi connectivity index (χ3n) is 9.27. The summed E-state index contributed by atoms with van der Waals surface area (Å²) in [5.74, 6) is -3.41. The van der Waals surface area contributed by atoms with Gasteiger partial charge in [0, 0.05) is 13.0 Å². The third kappa shape index (κ3) is 8.32. The van der Waals surface area contributed by atoms with Gasteiger partial charge < -0.3 is 42.7 Å². The Balaban J connectivity index is 1.40. The van der Waals surface area contributed by atoms with Crippen molar-refractivity contribution in [3.8, 4) is 17.2 Å². The summed E-state index contributed by atoms with van der Waals surface area (Å²) in [6.45, 7) is 2.21. The number of hydrogen-bond acceptors (Lipinski definition) is 14. The van der Waals surface area contributed by atoms with E-state index in [4.69, 9.17) is 37.6 Å². The number of benzene rings is 5. The molecule has 0 spiro atoms. The van der Waals surface area contributed by atoms with Gasteiger partial charge in [-0.05, 0) is 72.3 Å². The Labute approximate surface area is 330 Å². The van der Waals surface area contributed by atoms with Gasteiger partial charge in [0.15, 0.2) is 12.2 Å². The van der Waals surface area contributed by atoms with Crippen molar-refractivity contribution in [2.24, 2.45) is 0 Å². The van der Waals surface area contributed by atoms with Crippen LogP contribution in [-0.4, -0.2) is 73.4 Å². The summed E-state index contributed by atoms with van der Waals surface area (Å²) in [6, 6.07) is 30.0. The molecule has 296 valence electrons. The lowest BCUT2D eigenvalue weighted by Gasteiger charge is -2.44. The molecule has 1 aliphatic heterocycles. The standard InChI is InChI=1S/C44H36O14/c1-24-19-29-20-30-21-31(51-3)22-32(34(30)36(46)35(29)43(50)53-24)54-44-39(58-42(49)28-17-11-6-12-18-28)38(57-41(48)27-15-9-5-10-16-27)37(33(55-44)23-52-25(2)45)56-40(47)26-13-7-4-8-14-26/h4-22,33,37-39,44,46H,23H2,1-3H3/t33-,37-,38+,39-,44-/m1/s1. The Kier molecular flexibility index (Phi) is 11.4. The van der Waals surface area contributed by atoms with Crippen LogP contribution in [0.4, 0.5) is 0 Å². The van der Waals surface area contributed by atoms with Crippen molar-refractivity contribution >= 4 is 45.4 Å². The molecule has 5 aromatic carbocycles. The second kappa shape index (κ2) is 16.9. The van der Waals surface area contributed by atoms with Crippen LogP contribution in [-0.2, 0) is 28.5 Å². The quantitative estimate of drug-likeness (QED) is 0.0875. The summed E-state index contributed by atoms with van der Waals surface area (Å²) in [7, 11) is 1.41. The predicted octanol–water partition coefficient (Wildman–Crippen LogP) is 6.31. The molecule has 1 aliphatic rings. The molecule has 0 saturated carbocycles. The lowest BCUT2D eigenvalue weighted by molar-refractivity contribution is -0.276. The molecule has 14 nitrogen and oxygen atoms in total. The molecular formula is C44H36O14. The number of esters is 4. The number of methoxy groups -OCH3 is 1. The molecule has 58 heavy (non-hydrogen) atoms. The van der Waals surface area contributed by atoms with Gasteiger partial charge in [-0.15, -0.1) is 0 Å². The Morgan fingerprint density at radius 3 is 1.72 bits per heavy atom. The minimum absolute atomic E-state index is 0.0215. The van der Waals surface area contributed by atoms with Crippen LogP contribution in [0.1, 0.15) is 43.8 Å². The Morgan fingerprint density at radius 1 is 0.672 bits per heavy atom. The largest absolute Gasteiger partial charge is 0.506 e. The molecule has 1 saturated heterocycles. The van der Waals surface area contributed by atoms with Gasteiger partial charge in [0.2, 0.25) is 12.4 Å². The fraction of sp³-hybridized carbons (Fsp3) is 0.205. The van der Waals surface area contributed by atoms with E-state index < -0.39 is 72.6 Å². The average Bonchev–Trinajstić information content (AvgIpc) is 3.22. The SMILES string of the molecule is COc1cc(O[C@@H]2O[C@H](COC(C)=O)[C@@H](OC(=O)c3ccccc3)[C@H](OC(=O)c3ccccc3)[C@H]2OC(=O)c2ccccc2)c2c(O)c3c(=O)oc(C)cc3cc2c1. The third-order valence-corrected chi connectivity index (χ3v) is 9.27. The number of ether oxygens (including phenoxy) is 7. The smallest absolute Gasteiger partial charge is 0.347 e. The molecule has 0 radical (unpaired) electrons.